The second-order valence-corrected chi connectivity index (χ2v) is 4.25. The van der Waals surface area contributed by atoms with Crippen LogP contribution in [0.25, 0.3) is 11.3 Å². The Morgan fingerprint density at radius 1 is 1.50 bits per heavy atom. The summed E-state index contributed by atoms with van der Waals surface area (Å²) < 4.78 is 7.53. The standard InChI is InChI=1S/C12H17N3O/c1-8(13)6-10-4-5-12(16-10)11-7-15(3)14-9(11)2/h4-5,7-8H,6,13H2,1-3H3. The lowest BCUT2D eigenvalue weighted by Gasteiger charge is -2.00. The Morgan fingerprint density at radius 2 is 2.25 bits per heavy atom. The first-order valence-corrected chi connectivity index (χ1v) is 5.41. The lowest BCUT2D eigenvalue weighted by Crippen LogP contribution is -2.17. The van der Waals surface area contributed by atoms with E-state index in [-0.39, 0.29) is 6.04 Å². The highest BCUT2D eigenvalue weighted by Gasteiger charge is 2.11. The second kappa shape index (κ2) is 4.14. The number of nitrogens with two attached hydrogens (primary N) is 1. The largest absolute Gasteiger partial charge is 0.461 e. The zero-order valence-electron chi connectivity index (χ0n) is 9.90. The summed E-state index contributed by atoms with van der Waals surface area (Å²) in [7, 11) is 1.91. The van der Waals surface area contributed by atoms with Crippen molar-refractivity contribution in [3.05, 3.63) is 29.8 Å². The third-order valence-corrected chi connectivity index (χ3v) is 2.46. The Labute approximate surface area is 95.1 Å². The van der Waals surface area contributed by atoms with Crippen molar-refractivity contribution in [1.29, 1.82) is 0 Å². The molecule has 0 spiro atoms. The molecule has 2 N–H and O–H groups in total. The van der Waals surface area contributed by atoms with E-state index in [1.54, 1.807) is 4.68 Å². The fourth-order valence-electron chi connectivity index (χ4n) is 1.79. The number of rotatable bonds is 3. The van der Waals surface area contributed by atoms with Crippen LogP contribution in [0, 0.1) is 6.92 Å². The van der Waals surface area contributed by atoms with Gasteiger partial charge in [0.15, 0.2) is 0 Å². The number of aryl methyl sites for hydroxylation is 2. The molecule has 0 saturated heterocycles. The van der Waals surface area contributed by atoms with E-state index >= 15 is 0 Å². The van der Waals surface area contributed by atoms with Crippen molar-refractivity contribution in [2.75, 3.05) is 0 Å². The molecule has 0 amide bonds. The fourth-order valence-corrected chi connectivity index (χ4v) is 1.79. The quantitative estimate of drug-likeness (QED) is 0.857. The minimum atomic E-state index is 0.119. The molecule has 2 rings (SSSR count). The third-order valence-electron chi connectivity index (χ3n) is 2.46. The Morgan fingerprint density at radius 3 is 2.81 bits per heavy atom. The highest BCUT2D eigenvalue weighted by atomic mass is 16.3. The van der Waals surface area contributed by atoms with Gasteiger partial charge in [-0.2, -0.15) is 5.10 Å². The molecule has 1 atom stereocenters. The molecule has 0 saturated carbocycles. The van der Waals surface area contributed by atoms with Crippen molar-refractivity contribution in [2.45, 2.75) is 26.3 Å². The maximum atomic E-state index is 5.74. The van der Waals surface area contributed by atoms with E-state index in [9.17, 15) is 0 Å². The van der Waals surface area contributed by atoms with Crippen molar-refractivity contribution >= 4 is 0 Å². The van der Waals surface area contributed by atoms with E-state index in [4.69, 9.17) is 10.2 Å². The predicted molar refractivity (Wildman–Crippen MR) is 63.0 cm³/mol. The average molecular weight is 219 g/mol. The maximum absolute atomic E-state index is 5.74. The van der Waals surface area contributed by atoms with E-state index in [1.165, 1.54) is 0 Å². The molecule has 0 aliphatic rings. The molecule has 0 radical (unpaired) electrons. The van der Waals surface area contributed by atoms with Gasteiger partial charge in [-0.1, -0.05) is 0 Å². The molecule has 0 aliphatic carbocycles. The van der Waals surface area contributed by atoms with Crippen molar-refractivity contribution in [3.8, 4) is 11.3 Å². The summed E-state index contributed by atoms with van der Waals surface area (Å²) in [6.07, 6.45) is 2.73. The van der Waals surface area contributed by atoms with Crippen LogP contribution in [0.4, 0.5) is 0 Å². The van der Waals surface area contributed by atoms with Gasteiger partial charge in [-0.25, -0.2) is 0 Å². The van der Waals surface area contributed by atoms with Crippen LogP contribution in [0.5, 0.6) is 0 Å². The molecule has 2 heterocycles. The van der Waals surface area contributed by atoms with E-state index in [2.05, 4.69) is 5.10 Å². The molecular weight excluding hydrogens is 202 g/mol. The summed E-state index contributed by atoms with van der Waals surface area (Å²) in [4.78, 5) is 0. The number of furan rings is 1. The van der Waals surface area contributed by atoms with Gasteiger partial charge in [0.1, 0.15) is 11.5 Å². The Kier molecular flexibility index (Phi) is 2.83. The van der Waals surface area contributed by atoms with Crippen molar-refractivity contribution in [1.82, 2.24) is 9.78 Å². The van der Waals surface area contributed by atoms with Gasteiger partial charge in [-0.15, -0.1) is 0 Å². The van der Waals surface area contributed by atoms with E-state index in [1.807, 2.05) is 39.2 Å². The van der Waals surface area contributed by atoms with Gasteiger partial charge in [0.05, 0.1) is 11.3 Å². The molecule has 4 nitrogen and oxygen atoms in total. The molecule has 0 aromatic carbocycles. The minimum Gasteiger partial charge on any atom is -0.461 e. The first-order valence-electron chi connectivity index (χ1n) is 5.41. The lowest BCUT2D eigenvalue weighted by molar-refractivity contribution is 0.503. The molecule has 2 aromatic rings. The van der Waals surface area contributed by atoms with Gasteiger partial charge in [-0.3, -0.25) is 4.68 Å². The average Bonchev–Trinajstić information content (AvgIpc) is 2.72. The van der Waals surface area contributed by atoms with Gasteiger partial charge in [0.2, 0.25) is 0 Å². The normalized spacial score (nSPS) is 13.0. The molecule has 0 bridgehead atoms. The van der Waals surface area contributed by atoms with Crippen molar-refractivity contribution in [2.24, 2.45) is 12.8 Å². The van der Waals surface area contributed by atoms with Crippen LogP contribution >= 0.6 is 0 Å². The monoisotopic (exact) mass is 219 g/mol. The van der Waals surface area contributed by atoms with Crippen LogP contribution in [-0.2, 0) is 13.5 Å². The van der Waals surface area contributed by atoms with Crippen LogP contribution < -0.4 is 5.73 Å². The Bertz CT molecular complexity index is 482. The molecule has 4 heteroatoms. The number of nitrogens with zero attached hydrogens (tertiary/aromatic N) is 2. The Hall–Kier alpha value is -1.55. The summed E-state index contributed by atoms with van der Waals surface area (Å²) >= 11 is 0. The third kappa shape index (κ3) is 2.17. The van der Waals surface area contributed by atoms with E-state index in [0.717, 1.165) is 29.2 Å². The predicted octanol–water partition coefficient (Wildman–Crippen LogP) is 1.88. The van der Waals surface area contributed by atoms with Gasteiger partial charge >= 0.3 is 0 Å². The van der Waals surface area contributed by atoms with Crippen LogP contribution in [0.15, 0.2) is 22.7 Å². The zero-order valence-corrected chi connectivity index (χ0v) is 9.90. The Balaban J connectivity index is 2.28. The fraction of sp³-hybridized carbons (Fsp3) is 0.417. The first kappa shape index (κ1) is 11.0. The number of hydrogen-bond acceptors (Lipinski definition) is 3. The number of hydrogen-bond donors (Lipinski definition) is 1. The number of aromatic nitrogens is 2. The molecule has 1 unspecified atom stereocenters. The smallest absolute Gasteiger partial charge is 0.137 e. The minimum absolute atomic E-state index is 0.119. The summed E-state index contributed by atoms with van der Waals surface area (Å²) in [5.74, 6) is 1.79. The zero-order chi connectivity index (χ0) is 11.7. The summed E-state index contributed by atoms with van der Waals surface area (Å²) in [6, 6.07) is 4.07. The molecular formula is C12H17N3O. The molecule has 86 valence electrons. The van der Waals surface area contributed by atoms with Crippen molar-refractivity contribution < 1.29 is 4.42 Å². The van der Waals surface area contributed by atoms with Crippen LogP contribution in [-0.4, -0.2) is 15.8 Å². The summed E-state index contributed by atoms with van der Waals surface area (Å²) in [5, 5.41) is 4.29. The summed E-state index contributed by atoms with van der Waals surface area (Å²) in [6.45, 7) is 3.95. The highest BCUT2D eigenvalue weighted by molar-refractivity contribution is 5.59. The molecule has 0 fully saturated rings. The molecule has 2 aromatic heterocycles. The van der Waals surface area contributed by atoms with Gasteiger partial charge in [0, 0.05) is 25.7 Å². The van der Waals surface area contributed by atoms with E-state index in [0.29, 0.717) is 0 Å². The van der Waals surface area contributed by atoms with Crippen LogP contribution in [0.1, 0.15) is 18.4 Å². The molecule has 0 aliphatic heterocycles. The van der Waals surface area contributed by atoms with Crippen LogP contribution in [0.2, 0.25) is 0 Å². The highest BCUT2D eigenvalue weighted by Crippen LogP contribution is 2.24. The van der Waals surface area contributed by atoms with Crippen molar-refractivity contribution in [3.63, 3.8) is 0 Å². The van der Waals surface area contributed by atoms with Gasteiger partial charge < -0.3 is 10.2 Å². The van der Waals surface area contributed by atoms with E-state index < -0.39 is 0 Å². The lowest BCUT2D eigenvalue weighted by atomic mass is 10.2. The van der Waals surface area contributed by atoms with Gasteiger partial charge in [0.25, 0.3) is 0 Å². The van der Waals surface area contributed by atoms with Crippen LogP contribution in [0.3, 0.4) is 0 Å². The topological polar surface area (TPSA) is 57.0 Å². The SMILES string of the molecule is Cc1nn(C)cc1-c1ccc(CC(C)N)o1. The summed E-state index contributed by atoms with van der Waals surface area (Å²) in [5.41, 5.74) is 7.75. The molecule has 16 heavy (non-hydrogen) atoms. The second-order valence-electron chi connectivity index (χ2n) is 4.25. The van der Waals surface area contributed by atoms with Gasteiger partial charge in [-0.05, 0) is 26.0 Å². The maximum Gasteiger partial charge on any atom is 0.137 e. The first-order chi connectivity index (χ1) is 7.56.